The Kier molecular flexibility index (Phi) is 4.99. The lowest BCUT2D eigenvalue weighted by Gasteiger charge is -2.36. The van der Waals surface area contributed by atoms with Crippen LogP contribution in [0, 0.1) is 5.41 Å². The van der Waals surface area contributed by atoms with Crippen LogP contribution in [0.3, 0.4) is 0 Å². The third kappa shape index (κ3) is 4.30. The molecule has 0 N–H and O–H groups in total. The summed E-state index contributed by atoms with van der Waals surface area (Å²) < 4.78 is 5.73. The van der Waals surface area contributed by atoms with Gasteiger partial charge in [0.2, 0.25) is 5.91 Å². The molecule has 0 aromatic rings. The number of carbonyl (C=O) groups excluding carboxylic acids is 1. The minimum atomic E-state index is -0.307. The third-order valence-corrected chi connectivity index (χ3v) is 3.20. The summed E-state index contributed by atoms with van der Waals surface area (Å²) in [6, 6.07) is 0.243. The van der Waals surface area contributed by atoms with Crippen molar-refractivity contribution in [1.29, 1.82) is 0 Å². The number of carbonyl (C=O) groups is 1. The van der Waals surface area contributed by atoms with Crippen molar-refractivity contribution in [3.8, 4) is 0 Å². The molecule has 1 rings (SSSR count). The molecule has 1 aliphatic rings. The minimum Gasteiger partial charge on any atom is -0.376 e. The first-order valence-corrected chi connectivity index (χ1v) is 6.75. The van der Waals surface area contributed by atoms with Crippen LogP contribution < -0.4 is 0 Å². The highest BCUT2D eigenvalue weighted by Gasteiger charge is 2.31. The standard InChI is InChI=1S/C14H27NO2/c1-11(2)15(13(16)14(3,4)5)10-12-8-6-7-9-17-12/h11-12H,6-10H2,1-5H3. The molecule has 1 aliphatic heterocycles. The van der Waals surface area contributed by atoms with E-state index >= 15 is 0 Å². The maximum Gasteiger partial charge on any atom is 0.228 e. The van der Waals surface area contributed by atoms with Crippen molar-refractivity contribution in [2.45, 2.75) is 66.0 Å². The Morgan fingerprint density at radius 1 is 1.35 bits per heavy atom. The molecule has 0 saturated carbocycles. The van der Waals surface area contributed by atoms with Crippen LogP contribution in [0.5, 0.6) is 0 Å². The topological polar surface area (TPSA) is 29.5 Å². The smallest absolute Gasteiger partial charge is 0.228 e. The fourth-order valence-electron chi connectivity index (χ4n) is 2.13. The van der Waals surface area contributed by atoms with Crippen molar-refractivity contribution in [3.05, 3.63) is 0 Å². The van der Waals surface area contributed by atoms with E-state index in [1.807, 2.05) is 25.7 Å². The van der Waals surface area contributed by atoms with Gasteiger partial charge in [-0.15, -0.1) is 0 Å². The van der Waals surface area contributed by atoms with Crippen molar-refractivity contribution >= 4 is 5.91 Å². The van der Waals surface area contributed by atoms with Gasteiger partial charge in [0.1, 0.15) is 0 Å². The van der Waals surface area contributed by atoms with E-state index in [2.05, 4.69) is 13.8 Å². The van der Waals surface area contributed by atoms with Crippen LogP contribution in [0.4, 0.5) is 0 Å². The first-order valence-electron chi connectivity index (χ1n) is 6.75. The van der Waals surface area contributed by atoms with Gasteiger partial charge in [-0.1, -0.05) is 20.8 Å². The summed E-state index contributed by atoms with van der Waals surface area (Å²) in [7, 11) is 0. The lowest BCUT2D eigenvalue weighted by Crippen LogP contribution is -2.48. The number of amides is 1. The Balaban J connectivity index is 2.62. The minimum absolute atomic E-state index is 0.224. The SMILES string of the molecule is CC(C)N(CC1CCCCO1)C(=O)C(C)(C)C. The van der Waals surface area contributed by atoms with E-state index < -0.39 is 0 Å². The van der Waals surface area contributed by atoms with Crippen LogP contribution in [0.15, 0.2) is 0 Å². The fraction of sp³-hybridized carbons (Fsp3) is 0.929. The number of hydrogen-bond acceptors (Lipinski definition) is 2. The van der Waals surface area contributed by atoms with Crippen LogP contribution in [-0.2, 0) is 9.53 Å². The molecule has 1 unspecified atom stereocenters. The molecule has 1 heterocycles. The summed E-state index contributed by atoms with van der Waals surface area (Å²) in [4.78, 5) is 14.3. The maximum absolute atomic E-state index is 12.4. The molecule has 0 aromatic heterocycles. The number of nitrogens with zero attached hydrogens (tertiary/aromatic N) is 1. The largest absolute Gasteiger partial charge is 0.376 e. The Hall–Kier alpha value is -0.570. The number of hydrogen-bond donors (Lipinski definition) is 0. The average Bonchev–Trinajstić information content (AvgIpc) is 2.24. The molecule has 100 valence electrons. The van der Waals surface area contributed by atoms with Gasteiger partial charge in [-0.25, -0.2) is 0 Å². The van der Waals surface area contributed by atoms with Gasteiger partial charge in [0, 0.05) is 24.6 Å². The zero-order valence-corrected chi connectivity index (χ0v) is 12.0. The van der Waals surface area contributed by atoms with Crippen LogP contribution in [0.2, 0.25) is 0 Å². The summed E-state index contributed by atoms with van der Waals surface area (Å²) in [5.41, 5.74) is -0.307. The normalized spacial score (nSPS) is 21.6. The van der Waals surface area contributed by atoms with Gasteiger partial charge in [0.05, 0.1) is 6.10 Å². The molecular formula is C14H27NO2. The molecule has 0 aliphatic carbocycles. The third-order valence-electron chi connectivity index (χ3n) is 3.20. The average molecular weight is 241 g/mol. The van der Waals surface area contributed by atoms with Crippen LogP contribution in [-0.4, -0.2) is 36.1 Å². The molecule has 1 fully saturated rings. The summed E-state index contributed by atoms with van der Waals surface area (Å²) in [6.45, 7) is 11.7. The quantitative estimate of drug-likeness (QED) is 0.760. The first-order chi connectivity index (χ1) is 7.82. The number of rotatable bonds is 3. The van der Waals surface area contributed by atoms with E-state index in [0.29, 0.717) is 0 Å². The molecule has 0 bridgehead atoms. The summed E-state index contributed by atoms with van der Waals surface area (Å²) in [6.07, 6.45) is 3.70. The Morgan fingerprint density at radius 3 is 2.41 bits per heavy atom. The van der Waals surface area contributed by atoms with E-state index in [9.17, 15) is 4.79 Å². The van der Waals surface area contributed by atoms with Crippen molar-refractivity contribution < 1.29 is 9.53 Å². The fourth-order valence-corrected chi connectivity index (χ4v) is 2.13. The molecule has 0 aromatic carbocycles. The second-order valence-electron chi connectivity index (χ2n) is 6.29. The zero-order chi connectivity index (χ0) is 13.1. The highest BCUT2D eigenvalue weighted by molar-refractivity contribution is 5.81. The van der Waals surface area contributed by atoms with E-state index in [1.165, 1.54) is 6.42 Å². The van der Waals surface area contributed by atoms with Gasteiger partial charge in [0.15, 0.2) is 0 Å². The Morgan fingerprint density at radius 2 is 2.00 bits per heavy atom. The van der Waals surface area contributed by atoms with Crippen molar-refractivity contribution in [2.75, 3.05) is 13.2 Å². The second kappa shape index (κ2) is 5.85. The lowest BCUT2D eigenvalue weighted by molar-refractivity contribution is -0.144. The van der Waals surface area contributed by atoms with Gasteiger partial charge >= 0.3 is 0 Å². The second-order valence-corrected chi connectivity index (χ2v) is 6.29. The predicted molar refractivity (Wildman–Crippen MR) is 69.9 cm³/mol. The van der Waals surface area contributed by atoms with Gasteiger partial charge in [-0.3, -0.25) is 4.79 Å². The van der Waals surface area contributed by atoms with Gasteiger partial charge < -0.3 is 9.64 Å². The van der Waals surface area contributed by atoms with Gasteiger partial charge in [-0.05, 0) is 33.1 Å². The predicted octanol–water partition coefficient (Wildman–Crippen LogP) is 2.84. The Labute approximate surface area is 106 Å². The van der Waals surface area contributed by atoms with E-state index in [1.54, 1.807) is 0 Å². The van der Waals surface area contributed by atoms with Crippen molar-refractivity contribution in [1.82, 2.24) is 4.90 Å². The van der Waals surface area contributed by atoms with Crippen molar-refractivity contribution in [2.24, 2.45) is 5.41 Å². The van der Waals surface area contributed by atoms with Crippen LogP contribution in [0.25, 0.3) is 0 Å². The van der Waals surface area contributed by atoms with Crippen LogP contribution >= 0.6 is 0 Å². The first kappa shape index (κ1) is 14.5. The molecular weight excluding hydrogens is 214 g/mol. The molecule has 0 spiro atoms. The summed E-state index contributed by atoms with van der Waals surface area (Å²) in [5, 5.41) is 0. The van der Waals surface area contributed by atoms with E-state index in [4.69, 9.17) is 4.74 Å². The maximum atomic E-state index is 12.4. The van der Waals surface area contributed by atoms with Crippen molar-refractivity contribution in [3.63, 3.8) is 0 Å². The molecule has 1 saturated heterocycles. The van der Waals surface area contributed by atoms with E-state index in [-0.39, 0.29) is 23.5 Å². The van der Waals surface area contributed by atoms with E-state index in [0.717, 1.165) is 26.0 Å². The molecule has 0 radical (unpaired) electrons. The summed E-state index contributed by atoms with van der Waals surface area (Å²) >= 11 is 0. The molecule has 3 heteroatoms. The molecule has 17 heavy (non-hydrogen) atoms. The lowest BCUT2D eigenvalue weighted by atomic mass is 9.93. The molecule has 1 amide bonds. The highest BCUT2D eigenvalue weighted by Crippen LogP contribution is 2.22. The zero-order valence-electron chi connectivity index (χ0n) is 12.0. The monoisotopic (exact) mass is 241 g/mol. The molecule has 3 nitrogen and oxygen atoms in total. The van der Waals surface area contributed by atoms with Gasteiger partial charge in [-0.2, -0.15) is 0 Å². The Bertz CT molecular complexity index is 249. The number of ether oxygens (including phenoxy) is 1. The van der Waals surface area contributed by atoms with Crippen LogP contribution in [0.1, 0.15) is 53.9 Å². The summed E-state index contributed by atoms with van der Waals surface area (Å²) in [5.74, 6) is 0.224. The van der Waals surface area contributed by atoms with Gasteiger partial charge in [0.25, 0.3) is 0 Å². The molecule has 1 atom stereocenters. The highest BCUT2D eigenvalue weighted by atomic mass is 16.5.